The highest BCUT2D eigenvalue weighted by Gasteiger charge is 2.24. The van der Waals surface area contributed by atoms with Crippen LogP contribution in [0.4, 0.5) is 5.82 Å². The number of benzene rings is 1. The largest absolute Gasteiger partial charge is 0.382 e. The number of aryl methyl sites for hydroxylation is 1. The summed E-state index contributed by atoms with van der Waals surface area (Å²) in [6.07, 6.45) is 3.60. The van der Waals surface area contributed by atoms with Gasteiger partial charge in [0.2, 0.25) is 0 Å². The zero-order valence-corrected chi connectivity index (χ0v) is 9.93. The van der Waals surface area contributed by atoms with E-state index in [0.717, 1.165) is 11.3 Å². The van der Waals surface area contributed by atoms with Gasteiger partial charge in [-0.1, -0.05) is 35.0 Å². The number of hydrogen-bond acceptors (Lipinski definition) is 3. The molecule has 4 heteroatoms. The van der Waals surface area contributed by atoms with E-state index in [1.807, 2.05) is 16.8 Å². The predicted molar refractivity (Wildman–Crippen MR) is 67.5 cm³/mol. The van der Waals surface area contributed by atoms with E-state index in [1.165, 1.54) is 24.8 Å². The molecule has 1 fully saturated rings. The van der Waals surface area contributed by atoms with Crippen LogP contribution in [0.25, 0.3) is 11.3 Å². The van der Waals surface area contributed by atoms with Gasteiger partial charge in [-0.25, -0.2) is 4.68 Å². The van der Waals surface area contributed by atoms with Crippen molar-refractivity contribution in [1.82, 2.24) is 15.0 Å². The lowest BCUT2D eigenvalue weighted by molar-refractivity contribution is 0.288. The molecule has 1 aliphatic carbocycles. The lowest BCUT2D eigenvalue weighted by atomic mass is 9.93. The predicted octanol–water partition coefficient (Wildman–Crippen LogP) is 2.56. The van der Waals surface area contributed by atoms with E-state index in [4.69, 9.17) is 5.73 Å². The van der Waals surface area contributed by atoms with Gasteiger partial charge >= 0.3 is 0 Å². The Morgan fingerprint density at radius 1 is 1.24 bits per heavy atom. The second kappa shape index (κ2) is 3.87. The number of nitrogen functional groups attached to an aromatic ring is 1. The van der Waals surface area contributed by atoms with E-state index in [2.05, 4.69) is 29.4 Å². The molecular weight excluding hydrogens is 212 g/mol. The van der Waals surface area contributed by atoms with Crippen LogP contribution in [0.1, 0.15) is 30.9 Å². The smallest absolute Gasteiger partial charge is 0.150 e. The van der Waals surface area contributed by atoms with Crippen LogP contribution < -0.4 is 5.73 Å². The van der Waals surface area contributed by atoms with Gasteiger partial charge in [0.05, 0.1) is 6.04 Å². The van der Waals surface area contributed by atoms with Crippen LogP contribution in [0.5, 0.6) is 0 Å². The molecule has 2 N–H and O–H groups in total. The Bertz CT molecular complexity index is 523. The minimum atomic E-state index is 0.460. The first-order chi connectivity index (χ1) is 8.25. The Morgan fingerprint density at radius 3 is 2.53 bits per heavy atom. The molecule has 0 aliphatic heterocycles. The number of nitrogens with zero attached hydrogens (tertiary/aromatic N) is 3. The van der Waals surface area contributed by atoms with Crippen LogP contribution in [0.15, 0.2) is 24.3 Å². The van der Waals surface area contributed by atoms with Crippen molar-refractivity contribution in [2.75, 3.05) is 5.73 Å². The highest BCUT2D eigenvalue weighted by atomic mass is 15.5. The molecule has 3 rings (SSSR count). The van der Waals surface area contributed by atoms with Crippen LogP contribution in [0, 0.1) is 6.92 Å². The summed E-state index contributed by atoms with van der Waals surface area (Å²) in [4.78, 5) is 0. The summed E-state index contributed by atoms with van der Waals surface area (Å²) in [6.45, 7) is 2.07. The maximum Gasteiger partial charge on any atom is 0.150 e. The minimum Gasteiger partial charge on any atom is -0.382 e. The van der Waals surface area contributed by atoms with Crippen molar-refractivity contribution in [2.45, 2.75) is 32.2 Å². The Balaban J connectivity index is 1.97. The van der Waals surface area contributed by atoms with Gasteiger partial charge < -0.3 is 5.73 Å². The molecule has 1 aromatic heterocycles. The monoisotopic (exact) mass is 228 g/mol. The molecule has 0 spiro atoms. The van der Waals surface area contributed by atoms with Gasteiger partial charge in [0, 0.05) is 5.56 Å². The second-order valence-corrected chi connectivity index (χ2v) is 4.72. The van der Waals surface area contributed by atoms with Crippen molar-refractivity contribution < 1.29 is 0 Å². The van der Waals surface area contributed by atoms with E-state index < -0.39 is 0 Å². The SMILES string of the molecule is Cc1ccc(-c2nnn(C3CCC3)c2N)cc1. The number of anilines is 1. The number of hydrogen-bond donors (Lipinski definition) is 1. The molecular formula is C13H16N4. The molecule has 88 valence electrons. The van der Waals surface area contributed by atoms with Crippen molar-refractivity contribution in [3.8, 4) is 11.3 Å². The molecule has 2 aromatic rings. The lowest BCUT2D eigenvalue weighted by Gasteiger charge is -2.25. The fraction of sp³-hybridized carbons (Fsp3) is 0.385. The van der Waals surface area contributed by atoms with Crippen molar-refractivity contribution in [1.29, 1.82) is 0 Å². The van der Waals surface area contributed by atoms with Crippen LogP contribution in [-0.2, 0) is 0 Å². The first-order valence-corrected chi connectivity index (χ1v) is 6.03. The molecule has 0 atom stereocenters. The average Bonchev–Trinajstić information content (AvgIpc) is 2.60. The highest BCUT2D eigenvalue weighted by Crippen LogP contribution is 2.35. The average molecular weight is 228 g/mol. The Morgan fingerprint density at radius 2 is 1.94 bits per heavy atom. The maximum atomic E-state index is 6.12. The van der Waals surface area contributed by atoms with Gasteiger partial charge in [0.15, 0.2) is 5.82 Å². The lowest BCUT2D eigenvalue weighted by Crippen LogP contribution is -2.19. The zero-order chi connectivity index (χ0) is 11.8. The van der Waals surface area contributed by atoms with Crippen LogP contribution >= 0.6 is 0 Å². The summed E-state index contributed by atoms with van der Waals surface area (Å²) in [5, 5.41) is 8.38. The van der Waals surface area contributed by atoms with Gasteiger partial charge in [-0.3, -0.25) is 0 Å². The Kier molecular flexibility index (Phi) is 2.35. The quantitative estimate of drug-likeness (QED) is 0.859. The summed E-state index contributed by atoms with van der Waals surface area (Å²) in [5.41, 5.74) is 9.20. The first kappa shape index (κ1) is 10.3. The summed E-state index contributed by atoms with van der Waals surface area (Å²) in [6, 6.07) is 8.68. The summed E-state index contributed by atoms with van der Waals surface area (Å²) in [5.74, 6) is 0.693. The topological polar surface area (TPSA) is 56.7 Å². The number of aromatic nitrogens is 3. The third-order valence-corrected chi connectivity index (χ3v) is 3.48. The van der Waals surface area contributed by atoms with Crippen molar-refractivity contribution in [2.24, 2.45) is 0 Å². The normalized spacial score (nSPS) is 15.8. The molecule has 17 heavy (non-hydrogen) atoms. The van der Waals surface area contributed by atoms with E-state index in [1.54, 1.807) is 0 Å². The molecule has 0 saturated heterocycles. The van der Waals surface area contributed by atoms with Gasteiger partial charge in [-0.15, -0.1) is 5.10 Å². The molecule has 1 heterocycles. The van der Waals surface area contributed by atoms with Crippen molar-refractivity contribution >= 4 is 5.82 Å². The van der Waals surface area contributed by atoms with Gasteiger partial charge in [0.1, 0.15) is 5.69 Å². The number of rotatable bonds is 2. The third kappa shape index (κ3) is 1.69. The van der Waals surface area contributed by atoms with Crippen LogP contribution in [0.3, 0.4) is 0 Å². The van der Waals surface area contributed by atoms with Crippen molar-refractivity contribution in [3.05, 3.63) is 29.8 Å². The fourth-order valence-corrected chi connectivity index (χ4v) is 2.12. The maximum absolute atomic E-state index is 6.12. The molecule has 1 saturated carbocycles. The summed E-state index contributed by atoms with van der Waals surface area (Å²) in [7, 11) is 0. The molecule has 1 aromatic carbocycles. The molecule has 1 aliphatic rings. The summed E-state index contributed by atoms with van der Waals surface area (Å²) < 4.78 is 1.87. The highest BCUT2D eigenvalue weighted by molar-refractivity contribution is 5.69. The van der Waals surface area contributed by atoms with E-state index in [-0.39, 0.29) is 0 Å². The van der Waals surface area contributed by atoms with Crippen LogP contribution in [-0.4, -0.2) is 15.0 Å². The zero-order valence-electron chi connectivity index (χ0n) is 9.93. The van der Waals surface area contributed by atoms with Gasteiger partial charge in [0.25, 0.3) is 0 Å². The summed E-state index contributed by atoms with van der Waals surface area (Å²) >= 11 is 0. The third-order valence-electron chi connectivity index (χ3n) is 3.48. The second-order valence-electron chi connectivity index (χ2n) is 4.72. The van der Waals surface area contributed by atoms with E-state index >= 15 is 0 Å². The molecule has 0 amide bonds. The Hall–Kier alpha value is -1.84. The van der Waals surface area contributed by atoms with Crippen LogP contribution in [0.2, 0.25) is 0 Å². The molecule has 0 bridgehead atoms. The standard InChI is InChI=1S/C13H16N4/c1-9-5-7-10(8-6-9)12-13(14)17(16-15-12)11-3-2-4-11/h5-8,11H,2-4,14H2,1H3. The molecule has 0 unspecified atom stereocenters. The number of nitrogens with two attached hydrogens (primary N) is 1. The fourth-order valence-electron chi connectivity index (χ4n) is 2.12. The first-order valence-electron chi connectivity index (χ1n) is 6.03. The molecule has 4 nitrogen and oxygen atoms in total. The molecule has 0 radical (unpaired) electrons. The van der Waals surface area contributed by atoms with E-state index in [0.29, 0.717) is 11.9 Å². The Labute approximate surface area is 100 Å². The van der Waals surface area contributed by atoms with E-state index in [9.17, 15) is 0 Å². The minimum absolute atomic E-state index is 0.460. The van der Waals surface area contributed by atoms with Gasteiger partial charge in [-0.05, 0) is 26.2 Å². The van der Waals surface area contributed by atoms with Gasteiger partial charge in [-0.2, -0.15) is 0 Å². The van der Waals surface area contributed by atoms with Crippen molar-refractivity contribution in [3.63, 3.8) is 0 Å².